The number of alkyl halides is 1. The molecule has 0 radical (unpaired) electrons. The second kappa shape index (κ2) is 8.31. The van der Waals surface area contributed by atoms with Gasteiger partial charge in [-0.15, -0.1) is 11.6 Å². The molecule has 1 fully saturated rings. The lowest BCUT2D eigenvalue weighted by molar-refractivity contribution is -0.149. The van der Waals surface area contributed by atoms with Crippen LogP contribution in [0.25, 0.3) is 0 Å². The fourth-order valence-electron chi connectivity index (χ4n) is 2.98. The largest absolute Gasteiger partial charge is 0.493 e. The molecule has 2 N–H and O–H groups in total. The van der Waals surface area contributed by atoms with Gasteiger partial charge in [-0.3, -0.25) is 19.8 Å². The van der Waals surface area contributed by atoms with Gasteiger partial charge in [-0.1, -0.05) is 30.3 Å². The summed E-state index contributed by atoms with van der Waals surface area (Å²) < 4.78 is 5.53. The van der Waals surface area contributed by atoms with Crippen molar-refractivity contribution in [2.75, 3.05) is 11.9 Å². The summed E-state index contributed by atoms with van der Waals surface area (Å²) in [5.41, 5.74) is 4.19. The number of hydrogen-bond acceptors (Lipinski definition) is 4. The first-order chi connectivity index (χ1) is 13.4. The number of hydrogen-bond donors (Lipinski definition) is 2. The van der Waals surface area contributed by atoms with Crippen molar-refractivity contribution in [2.24, 2.45) is 0 Å². The van der Waals surface area contributed by atoms with Crippen LogP contribution in [0.1, 0.15) is 35.8 Å². The second-order valence-corrected chi connectivity index (χ2v) is 6.70. The lowest BCUT2D eigenvalue weighted by Crippen LogP contribution is -2.63. The van der Waals surface area contributed by atoms with Crippen LogP contribution in [0.15, 0.2) is 48.5 Å². The van der Waals surface area contributed by atoms with Crippen LogP contribution < -0.4 is 15.5 Å². The van der Waals surface area contributed by atoms with Crippen molar-refractivity contribution in [3.63, 3.8) is 0 Å². The Morgan fingerprint density at radius 2 is 1.89 bits per heavy atom. The van der Waals surface area contributed by atoms with Crippen molar-refractivity contribution in [2.45, 2.75) is 25.3 Å². The number of hydrazine groups is 1. The first-order valence-electron chi connectivity index (χ1n) is 8.80. The Morgan fingerprint density at radius 3 is 2.54 bits per heavy atom. The van der Waals surface area contributed by atoms with Crippen molar-refractivity contribution < 1.29 is 19.1 Å². The molecule has 0 bridgehead atoms. The topological polar surface area (TPSA) is 87.7 Å². The lowest BCUT2D eigenvalue weighted by atomic mass is 9.95. The van der Waals surface area contributed by atoms with Crippen LogP contribution >= 0.6 is 11.6 Å². The maximum absolute atomic E-state index is 12.8. The summed E-state index contributed by atoms with van der Waals surface area (Å²) in [7, 11) is 0. The van der Waals surface area contributed by atoms with Gasteiger partial charge in [0.1, 0.15) is 17.2 Å². The number of nitrogens with zero attached hydrogens (tertiary/aromatic N) is 1. The van der Waals surface area contributed by atoms with Crippen LogP contribution in [0.4, 0.5) is 5.69 Å². The Kier molecular flexibility index (Phi) is 5.84. The van der Waals surface area contributed by atoms with Crippen molar-refractivity contribution in [3.8, 4) is 5.75 Å². The molecule has 2 atom stereocenters. The first-order valence-corrected chi connectivity index (χ1v) is 9.23. The monoisotopic (exact) mass is 401 g/mol. The molecule has 1 saturated heterocycles. The van der Waals surface area contributed by atoms with Gasteiger partial charge < -0.3 is 10.1 Å². The van der Waals surface area contributed by atoms with E-state index in [9.17, 15) is 14.4 Å². The van der Waals surface area contributed by atoms with Gasteiger partial charge in [-0.25, -0.2) is 5.01 Å². The van der Waals surface area contributed by atoms with Crippen LogP contribution in [0.2, 0.25) is 0 Å². The molecule has 1 aliphatic heterocycles. The number of nitrogens with one attached hydrogen (secondary N) is 2. The van der Waals surface area contributed by atoms with E-state index in [-0.39, 0.29) is 17.4 Å². The number of ether oxygens (including phenoxy) is 1. The van der Waals surface area contributed by atoms with Gasteiger partial charge in [-0.05, 0) is 24.6 Å². The number of halogens is 1. The van der Waals surface area contributed by atoms with E-state index < -0.39 is 17.3 Å². The molecule has 1 heterocycles. The predicted molar refractivity (Wildman–Crippen MR) is 105 cm³/mol. The number of amides is 3. The van der Waals surface area contributed by atoms with Gasteiger partial charge in [0.2, 0.25) is 5.91 Å². The van der Waals surface area contributed by atoms with Gasteiger partial charge in [0.05, 0.1) is 12.2 Å². The number of carbonyl (C=O) groups is 3. The molecule has 2 unspecified atom stereocenters. The molecular formula is C20H20ClN3O4. The Morgan fingerprint density at radius 1 is 1.18 bits per heavy atom. The summed E-state index contributed by atoms with van der Waals surface area (Å²) in [6.07, 6.45) is 0. The molecular weight excluding hydrogens is 382 g/mol. The average Bonchev–Trinajstić information content (AvgIpc) is 2.68. The van der Waals surface area contributed by atoms with Gasteiger partial charge in [0.25, 0.3) is 11.8 Å². The standard InChI is InChI=1S/C20H20ClN3O4/c1-3-28-16-11-14(22-12(2)25)9-10-15(16)19(26)23-24-18(17(21)20(24)27)13-7-5-4-6-8-13/h4-11,17-18H,3H2,1-2H3,(H,22,25)(H,23,26). The number of β-lactam (4-membered cyclic amide) rings is 1. The maximum Gasteiger partial charge on any atom is 0.273 e. The predicted octanol–water partition coefficient (Wildman–Crippen LogP) is 2.88. The molecule has 0 saturated carbocycles. The summed E-state index contributed by atoms with van der Waals surface area (Å²) in [5, 5.41) is 3.13. The maximum atomic E-state index is 12.8. The Balaban J connectivity index is 1.81. The summed E-state index contributed by atoms with van der Waals surface area (Å²) in [4.78, 5) is 36.2. The normalized spacial score (nSPS) is 18.2. The third kappa shape index (κ3) is 3.94. The van der Waals surface area contributed by atoms with Gasteiger partial charge in [0, 0.05) is 18.7 Å². The van der Waals surface area contributed by atoms with Crippen molar-refractivity contribution in [1.29, 1.82) is 0 Å². The number of carbonyl (C=O) groups excluding carboxylic acids is 3. The van der Waals surface area contributed by atoms with Gasteiger partial charge in [0.15, 0.2) is 0 Å². The van der Waals surface area contributed by atoms with Gasteiger partial charge in [-0.2, -0.15) is 0 Å². The molecule has 28 heavy (non-hydrogen) atoms. The summed E-state index contributed by atoms with van der Waals surface area (Å²) >= 11 is 6.17. The van der Waals surface area contributed by atoms with Crippen LogP contribution in [-0.4, -0.2) is 34.7 Å². The molecule has 2 aromatic rings. The molecule has 7 nitrogen and oxygen atoms in total. The molecule has 0 aromatic heterocycles. The van der Waals surface area contributed by atoms with E-state index in [1.807, 2.05) is 30.3 Å². The number of benzene rings is 2. The van der Waals surface area contributed by atoms with E-state index in [1.165, 1.54) is 18.0 Å². The van der Waals surface area contributed by atoms with E-state index in [4.69, 9.17) is 16.3 Å². The van der Waals surface area contributed by atoms with Crippen molar-refractivity contribution >= 4 is 35.0 Å². The SMILES string of the molecule is CCOc1cc(NC(C)=O)ccc1C(=O)NN1C(=O)C(Cl)C1c1ccccc1. The van der Waals surface area contributed by atoms with Gasteiger partial charge >= 0.3 is 0 Å². The summed E-state index contributed by atoms with van der Waals surface area (Å²) in [6, 6.07) is 13.5. The quantitative estimate of drug-likeness (QED) is 0.575. The van der Waals surface area contributed by atoms with E-state index >= 15 is 0 Å². The fourth-order valence-corrected chi connectivity index (χ4v) is 3.35. The molecule has 0 spiro atoms. The molecule has 1 aliphatic rings. The fraction of sp³-hybridized carbons (Fsp3) is 0.250. The van der Waals surface area contributed by atoms with Crippen LogP contribution in [-0.2, 0) is 9.59 Å². The molecule has 146 valence electrons. The van der Waals surface area contributed by atoms with Crippen LogP contribution in [0, 0.1) is 0 Å². The third-order valence-corrected chi connectivity index (χ3v) is 4.66. The van der Waals surface area contributed by atoms with Crippen LogP contribution in [0.5, 0.6) is 5.75 Å². The lowest BCUT2D eigenvalue weighted by Gasteiger charge is -2.44. The van der Waals surface area contributed by atoms with E-state index in [0.717, 1.165) is 5.56 Å². The van der Waals surface area contributed by atoms with Crippen molar-refractivity contribution in [1.82, 2.24) is 10.4 Å². The van der Waals surface area contributed by atoms with E-state index in [0.29, 0.717) is 18.0 Å². The second-order valence-electron chi connectivity index (χ2n) is 6.23. The zero-order chi connectivity index (χ0) is 20.3. The smallest absolute Gasteiger partial charge is 0.273 e. The van der Waals surface area contributed by atoms with Crippen molar-refractivity contribution in [3.05, 3.63) is 59.7 Å². The Bertz CT molecular complexity index is 904. The highest BCUT2D eigenvalue weighted by molar-refractivity contribution is 6.33. The first kappa shape index (κ1) is 19.7. The summed E-state index contributed by atoms with van der Waals surface area (Å²) in [6.45, 7) is 3.51. The minimum atomic E-state index is -0.740. The average molecular weight is 402 g/mol. The highest BCUT2D eigenvalue weighted by Gasteiger charge is 2.48. The number of anilines is 1. The highest BCUT2D eigenvalue weighted by Crippen LogP contribution is 2.37. The number of rotatable bonds is 6. The summed E-state index contributed by atoms with van der Waals surface area (Å²) in [5.74, 6) is -0.810. The van der Waals surface area contributed by atoms with Crippen LogP contribution in [0.3, 0.4) is 0 Å². The minimum absolute atomic E-state index is 0.232. The molecule has 8 heteroatoms. The highest BCUT2D eigenvalue weighted by atomic mass is 35.5. The Hall–Kier alpha value is -3.06. The third-order valence-electron chi connectivity index (χ3n) is 4.24. The molecule has 0 aliphatic carbocycles. The molecule has 2 aromatic carbocycles. The van der Waals surface area contributed by atoms with E-state index in [2.05, 4.69) is 10.7 Å². The minimum Gasteiger partial charge on any atom is -0.493 e. The zero-order valence-electron chi connectivity index (χ0n) is 15.4. The Labute approximate surface area is 167 Å². The molecule has 3 amide bonds. The molecule has 3 rings (SSSR count). The van der Waals surface area contributed by atoms with E-state index in [1.54, 1.807) is 19.1 Å². The zero-order valence-corrected chi connectivity index (χ0v) is 16.2.